The van der Waals surface area contributed by atoms with Crippen LogP contribution in [0.1, 0.15) is 6.42 Å². The van der Waals surface area contributed by atoms with Gasteiger partial charge in [-0.3, -0.25) is 4.79 Å². The molecule has 2 rings (SSSR count). The summed E-state index contributed by atoms with van der Waals surface area (Å²) in [6, 6.07) is 5.97. The third kappa shape index (κ3) is 3.46. The van der Waals surface area contributed by atoms with Crippen LogP contribution in [0.3, 0.4) is 0 Å². The normalized spacial score (nSPS) is 20.0. The zero-order valence-electron chi connectivity index (χ0n) is 10.5. The molecular formula is C12H15ClN2O3S. The van der Waals surface area contributed by atoms with Gasteiger partial charge < -0.3 is 4.90 Å². The maximum absolute atomic E-state index is 12.0. The Hall–Kier alpha value is -1.11. The highest BCUT2D eigenvalue weighted by atomic mass is 35.5. The second-order valence-corrected chi connectivity index (χ2v) is 6.85. The highest BCUT2D eigenvalue weighted by molar-refractivity contribution is 7.89. The molecule has 1 aromatic carbocycles. The first-order chi connectivity index (χ1) is 8.88. The van der Waals surface area contributed by atoms with E-state index in [1.165, 1.54) is 24.3 Å². The van der Waals surface area contributed by atoms with Crippen LogP contribution in [0.5, 0.6) is 0 Å². The zero-order valence-corrected chi connectivity index (χ0v) is 12.0. The Bertz CT molecular complexity index is 571. The molecule has 0 radical (unpaired) electrons. The third-order valence-corrected chi connectivity index (χ3v) is 4.80. The Morgan fingerprint density at radius 3 is 2.53 bits per heavy atom. The number of carbonyl (C=O) groups excluding carboxylic acids is 1. The number of benzene rings is 1. The first-order valence-corrected chi connectivity index (χ1v) is 7.74. The van der Waals surface area contributed by atoms with Crippen molar-refractivity contribution in [3.05, 3.63) is 29.3 Å². The molecule has 1 aliphatic rings. The monoisotopic (exact) mass is 302 g/mol. The number of rotatable bonds is 4. The molecule has 0 aliphatic carbocycles. The summed E-state index contributed by atoms with van der Waals surface area (Å²) >= 11 is 5.72. The van der Waals surface area contributed by atoms with Crippen LogP contribution in [0.4, 0.5) is 0 Å². The smallest absolute Gasteiger partial charge is 0.240 e. The van der Waals surface area contributed by atoms with Gasteiger partial charge in [-0.2, -0.15) is 0 Å². The lowest BCUT2D eigenvalue weighted by atomic mass is 10.1. The third-order valence-electron chi connectivity index (χ3n) is 3.11. The van der Waals surface area contributed by atoms with Crippen LogP contribution < -0.4 is 4.72 Å². The average Bonchev–Trinajstić information content (AvgIpc) is 2.67. The van der Waals surface area contributed by atoms with Gasteiger partial charge in [0.2, 0.25) is 15.9 Å². The number of nitrogens with zero attached hydrogens (tertiary/aromatic N) is 1. The van der Waals surface area contributed by atoms with Gasteiger partial charge in [0.25, 0.3) is 0 Å². The van der Waals surface area contributed by atoms with Gasteiger partial charge in [0.1, 0.15) is 0 Å². The van der Waals surface area contributed by atoms with E-state index >= 15 is 0 Å². The summed E-state index contributed by atoms with van der Waals surface area (Å²) in [4.78, 5) is 13.1. The molecule has 1 atom stereocenters. The van der Waals surface area contributed by atoms with Gasteiger partial charge in [0, 0.05) is 31.6 Å². The van der Waals surface area contributed by atoms with Crippen molar-refractivity contribution >= 4 is 27.5 Å². The van der Waals surface area contributed by atoms with Crippen molar-refractivity contribution in [2.24, 2.45) is 5.92 Å². The first kappa shape index (κ1) is 14.3. The number of likely N-dealkylation sites (tertiary alicyclic amines) is 1. The standard InChI is InChI=1S/C12H15ClN2O3S/c1-15-8-9(6-12(15)16)7-14-19(17,18)11-4-2-10(13)3-5-11/h2-5,9,14H,6-8H2,1H3. The van der Waals surface area contributed by atoms with Crippen molar-refractivity contribution in [1.29, 1.82) is 0 Å². The lowest BCUT2D eigenvalue weighted by molar-refractivity contribution is -0.126. The second kappa shape index (κ2) is 5.48. The molecule has 1 aliphatic heterocycles. The van der Waals surface area contributed by atoms with Crippen LogP contribution >= 0.6 is 11.6 Å². The minimum atomic E-state index is -3.54. The fourth-order valence-corrected chi connectivity index (χ4v) is 3.26. The van der Waals surface area contributed by atoms with Crippen molar-refractivity contribution in [3.63, 3.8) is 0 Å². The lowest BCUT2D eigenvalue weighted by Crippen LogP contribution is -2.30. The molecule has 0 spiro atoms. The minimum absolute atomic E-state index is 0.0274. The summed E-state index contributed by atoms with van der Waals surface area (Å²) in [5.74, 6) is 0.0790. The summed E-state index contributed by atoms with van der Waals surface area (Å²) in [6.45, 7) is 0.850. The summed E-state index contributed by atoms with van der Waals surface area (Å²) < 4.78 is 26.5. The van der Waals surface area contributed by atoms with Crippen LogP contribution in [-0.4, -0.2) is 39.4 Å². The van der Waals surface area contributed by atoms with E-state index in [0.29, 0.717) is 18.0 Å². The molecule has 1 fully saturated rings. The molecule has 1 N–H and O–H groups in total. The fourth-order valence-electron chi connectivity index (χ4n) is 2.02. The zero-order chi connectivity index (χ0) is 14.0. The minimum Gasteiger partial charge on any atom is -0.345 e. The van der Waals surface area contributed by atoms with Crippen molar-refractivity contribution in [2.75, 3.05) is 20.1 Å². The number of carbonyl (C=O) groups is 1. The SMILES string of the molecule is CN1CC(CNS(=O)(=O)c2ccc(Cl)cc2)CC1=O. The molecule has 7 heteroatoms. The van der Waals surface area contributed by atoms with Crippen molar-refractivity contribution < 1.29 is 13.2 Å². The number of hydrogen-bond donors (Lipinski definition) is 1. The molecule has 0 aromatic heterocycles. The van der Waals surface area contributed by atoms with Gasteiger partial charge in [-0.05, 0) is 30.2 Å². The predicted molar refractivity (Wildman–Crippen MR) is 72.4 cm³/mol. The van der Waals surface area contributed by atoms with E-state index in [1.54, 1.807) is 11.9 Å². The van der Waals surface area contributed by atoms with E-state index in [9.17, 15) is 13.2 Å². The summed E-state index contributed by atoms with van der Waals surface area (Å²) in [5, 5.41) is 0.488. The van der Waals surface area contributed by atoms with Crippen LogP contribution in [0.15, 0.2) is 29.2 Å². The number of amides is 1. The number of nitrogens with one attached hydrogen (secondary N) is 1. The highest BCUT2D eigenvalue weighted by Crippen LogP contribution is 2.17. The maximum Gasteiger partial charge on any atom is 0.240 e. The van der Waals surface area contributed by atoms with Crippen molar-refractivity contribution in [2.45, 2.75) is 11.3 Å². The molecular weight excluding hydrogens is 288 g/mol. The predicted octanol–water partition coefficient (Wildman–Crippen LogP) is 1.10. The summed E-state index contributed by atoms with van der Waals surface area (Å²) in [6.07, 6.45) is 0.389. The van der Waals surface area contributed by atoms with Crippen molar-refractivity contribution in [1.82, 2.24) is 9.62 Å². The summed E-state index contributed by atoms with van der Waals surface area (Å²) in [7, 11) is -1.82. The van der Waals surface area contributed by atoms with Gasteiger partial charge >= 0.3 is 0 Å². The van der Waals surface area contributed by atoms with Crippen LogP contribution in [-0.2, 0) is 14.8 Å². The van der Waals surface area contributed by atoms with E-state index in [4.69, 9.17) is 11.6 Å². The molecule has 0 bridgehead atoms. The quantitative estimate of drug-likeness (QED) is 0.905. The van der Waals surface area contributed by atoms with Gasteiger partial charge in [0.15, 0.2) is 0 Å². The lowest BCUT2D eigenvalue weighted by Gasteiger charge is -2.11. The Balaban J connectivity index is 1.99. The van der Waals surface area contributed by atoms with E-state index in [1.807, 2.05) is 0 Å². The Morgan fingerprint density at radius 1 is 1.37 bits per heavy atom. The topological polar surface area (TPSA) is 66.5 Å². The maximum atomic E-state index is 12.0. The van der Waals surface area contributed by atoms with Gasteiger partial charge in [-0.25, -0.2) is 13.1 Å². The number of hydrogen-bond acceptors (Lipinski definition) is 3. The van der Waals surface area contributed by atoms with Crippen molar-refractivity contribution in [3.8, 4) is 0 Å². The largest absolute Gasteiger partial charge is 0.345 e. The molecule has 104 valence electrons. The van der Waals surface area contributed by atoms with E-state index < -0.39 is 10.0 Å². The molecule has 1 aromatic rings. The van der Waals surface area contributed by atoms with Crippen LogP contribution in [0, 0.1) is 5.92 Å². The average molecular weight is 303 g/mol. The van der Waals surface area contributed by atoms with E-state index in [0.717, 1.165) is 0 Å². The Labute approximate surface area is 117 Å². The molecule has 1 unspecified atom stereocenters. The number of sulfonamides is 1. The van der Waals surface area contributed by atoms with E-state index in [-0.39, 0.29) is 23.3 Å². The molecule has 0 saturated carbocycles. The van der Waals surface area contributed by atoms with Gasteiger partial charge in [-0.1, -0.05) is 11.6 Å². The number of halogens is 1. The highest BCUT2D eigenvalue weighted by Gasteiger charge is 2.27. The fraction of sp³-hybridized carbons (Fsp3) is 0.417. The molecule has 5 nitrogen and oxygen atoms in total. The summed E-state index contributed by atoms with van der Waals surface area (Å²) in [5.41, 5.74) is 0. The van der Waals surface area contributed by atoms with Crippen LogP contribution in [0.2, 0.25) is 5.02 Å². The molecule has 1 heterocycles. The van der Waals surface area contributed by atoms with Gasteiger partial charge in [-0.15, -0.1) is 0 Å². The second-order valence-electron chi connectivity index (χ2n) is 4.65. The molecule has 1 saturated heterocycles. The van der Waals surface area contributed by atoms with Crippen LogP contribution in [0.25, 0.3) is 0 Å². The molecule has 1 amide bonds. The van der Waals surface area contributed by atoms with E-state index in [2.05, 4.69) is 4.72 Å². The Kier molecular flexibility index (Phi) is 4.13. The van der Waals surface area contributed by atoms with Gasteiger partial charge in [0.05, 0.1) is 4.90 Å². The Morgan fingerprint density at radius 2 is 2.00 bits per heavy atom. The molecule has 19 heavy (non-hydrogen) atoms. The first-order valence-electron chi connectivity index (χ1n) is 5.87.